The van der Waals surface area contributed by atoms with Crippen LogP contribution in [0.4, 0.5) is 13.6 Å². The summed E-state index contributed by atoms with van der Waals surface area (Å²) in [5, 5.41) is 20.2. The number of likely N-dealkylation sites (tertiary alicyclic amines) is 1. The van der Waals surface area contributed by atoms with Gasteiger partial charge in [0.1, 0.15) is 6.10 Å². The predicted octanol–water partition coefficient (Wildman–Crippen LogP) is 2.60. The van der Waals surface area contributed by atoms with Crippen LogP contribution in [0.25, 0.3) is 27.9 Å². The highest BCUT2D eigenvalue weighted by Crippen LogP contribution is 2.35. The van der Waals surface area contributed by atoms with E-state index in [4.69, 9.17) is 14.6 Å². The van der Waals surface area contributed by atoms with E-state index in [9.17, 15) is 18.4 Å². The Kier molecular flexibility index (Phi) is 6.10. The largest absolute Gasteiger partial charge is 0.471 e. The number of fused-ring (bicyclic) bond motifs is 1. The molecule has 2 N–H and O–H groups in total. The van der Waals surface area contributed by atoms with E-state index in [1.165, 1.54) is 28.7 Å². The van der Waals surface area contributed by atoms with Gasteiger partial charge in [0, 0.05) is 61.2 Å². The molecule has 1 aromatic carbocycles. The molecule has 202 valence electrons. The van der Waals surface area contributed by atoms with E-state index in [1.54, 1.807) is 23.3 Å². The van der Waals surface area contributed by atoms with Gasteiger partial charge in [0.25, 0.3) is 5.91 Å². The zero-order valence-electron chi connectivity index (χ0n) is 20.7. The highest BCUT2D eigenvalue weighted by Gasteiger charge is 2.33. The number of amides is 2. The number of nitrogens with zero attached hydrogens (tertiary/aromatic N) is 6. The summed E-state index contributed by atoms with van der Waals surface area (Å²) in [4.78, 5) is 29.2. The molecule has 0 spiro atoms. The van der Waals surface area contributed by atoms with Gasteiger partial charge in [-0.1, -0.05) is 0 Å². The van der Waals surface area contributed by atoms with Crippen molar-refractivity contribution < 1.29 is 33.0 Å². The summed E-state index contributed by atoms with van der Waals surface area (Å²) < 4.78 is 44.1. The molecule has 0 aliphatic carbocycles. The van der Waals surface area contributed by atoms with Gasteiger partial charge in [0.05, 0.1) is 37.2 Å². The average molecular weight is 539 g/mol. The quantitative estimate of drug-likeness (QED) is 0.382. The molecule has 6 rings (SSSR count). The molecule has 0 radical (unpaired) electrons. The second kappa shape index (κ2) is 9.62. The molecule has 1 atom stereocenters. The molecule has 2 saturated heterocycles. The monoisotopic (exact) mass is 539 g/mol. The van der Waals surface area contributed by atoms with Crippen LogP contribution in [0.1, 0.15) is 22.8 Å². The van der Waals surface area contributed by atoms with Gasteiger partial charge < -0.3 is 24.8 Å². The number of halogens is 2. The number of hydrogen-bond acceptors (Lipinski definition) is 7. The number of ether oxygens (including phenoxy) is 2. The van der Waals surface area contributed by atoms with Gasteiger partial charge >= 0.3 is 6.09 Å². The summed E-state index contributed by atoms with van der Waals surface area (Å²) in [5.74, 6) is -2.65. The lowest BCUT2D eigenvalue weighted by Gasteiger charge is -2.36. The Morgan fingerprint density at radius 1 is 1.13 bits per heavy atom. The van der Waals surface area contributed by atoms with Crippen molar-refractivity contribution in [1.82, 2.24) is 34.6 Å². The van der Waals surface area contributed by atoms with Gasteiger partial charge in [-0.25, -0.2) is 18.1 Å². The highest BCUT2D eigenvalue weighted by atomic mass is 19.2. The summed E-state index contributed by atoms with van der Waals surface area (Å²) in [6, 6.07) is 1.98. The minimum absolute atomic E-state index is 0.0492. The maximum Gasteiger partial charge on any atom is 0.407 e. The van der Waals surface area contributed by atoms with Crippen molar-refractivity contribution >= 4 is 17.6 Å². The van der Waals surface area contributed by atoms with E-state index in [0.29, 0.717) is 43.9 Å². The molecule has 2 aliphatic rings. The summed E-state index contributed by atoms with van der Waals surface area (Å²) in [5.41, 5.74) is 1.36. The van der Waals surface area contributed by atoms with Gasteiger partial charge in [-0.05, 0) is 12.1 Å². The van der Waals surface area contributed by atoms with E-state index >= 15 is 0 Å². The molecule has 2 fully saturated rings. The lowest BCUT2D eigenvalue weighted by atomic mass is 10.0. The fourth-order valence-corrected chi connectivity index (χ4v) is 4.65. The molecule has 2 aliphatic heterocycles. The molecule has 0 saturated carbocycles. The summed E-state index contributed by atoms with van der Waals surface area (Å²) in [6.07, 6.45) is 5.81. The molecule has 2 amide bonds. The van der Waals surface area contributed by atoms with Gasteiger partial charge in [-0.2, -0.15) is 15.2 Å². The lowest BCUT2D eigenvalue weighted by molar-refractivity contribution is 0.0812. The normalized spacial score (nSPS) is 17.4. The number of carbonyl (C=O) groups is 2. The fourth-order valence-electron chi connectivity index (χ4n) is 4.65. The Morgan fingerprint density at radius 3 is 2.67 bits per heavy atom. The van der Waals surface area contributed by atoms with Gasteiger partial charge in [-0.15, -0.1) is 0 Å². The Balaban J connectivity index is 1.42. The summed E-state index contributed by atoms with van der Waals surface area (Å²) in [6.45, 7) is 1.57. The number of rotatable bonds is 6. The Morgan fingerprint density at radius 2 is 1.95 bits per heavy atom. The minimum Gasteiger partial charge on any atom is -0.471 e. The molecule has 0 unspecified atom stereocenters. The lowest BCUT2D eigenvalue weighted by Crippen LogP contribution is -2.50. The molecule has 12 nitrogen and oxygen atoms in total. The Bertz CT molecular complexity index is 1590. The molecule has 4 aromatic rings. The predicted molar refractivity (Wildman–Crippen MR) is 131 cm³/mol. The van der Waals surface area contributed by atoms with Gasteiger partial charge in [0.2, 0.25) is 5.88 Å². The third-order valence-corrected chi connectivity index (χ3v) is 6.85. The van der Waals surface area contributed by atoms with Crippen LogP contribution in [-0.4, -0.2) is 85.8 Å². The maximum absolute atomic E-state index is 14.9. The number of aromatic nitrogens is 5. The molecule has 3 aromatic heterocycles. The Labute approximate surface area is 219 Å². The van der Waals surface area contributed by atoms with Crippen molar-refractivity contribution in [2.75, 3.05) is 33.4 Å². The smallest absolute Gasteiger partial charge is 0.407 e. The molecular formula is C25H23F2N7O5. The van der Waals surface area contributed by atoms with E-state index in [2.05, 4.69) is 20.5 Å². The van der Waals surface area contributed by atoms with Crippen molar-refractivity contribution in [1.29, 1.82) is 0 Å². The second-order valence-corrected chi connectivity index (χ2v) is 9.34. The highest BCUT2D eigenvalue weighted by molar-refractivity contribution is 5.96. The van der Waals surface area contributed by atoms with E-state index < -0.39 is 23.6 Å². The number of carbonyl (C=O) groups excluding carboxylic acids is 1. The molecule has 0 bridgehead atoms. The molecular weight excluding hydrogens is 516 g/mol. The molecule has 5 heterocycles. The summed E-state index contributed by atoms with van der Waals surface area (Å²) >= 11 is 0. The SMILES string of the molecule is CNC(=O)c1cc(F)c(F)c(-c2cnn3cc(-c4cnn(C5CN(C(=O)O)C5)c4)c(O[C@H]4CCOC4)nc23)c1. The second-order valence-electron chi connectivity index (χ2n) is 9.34. The molecule has 39 heavy (non-hydrogen) atoms. The van der Waals surface area contributed by atoms with Crippen LogP contribution in [0, 0.1) is 11.6 Å². The zero-order valence-corrected chi connectivity index (χ0v) is 20.7. The van der Waals surface area contributed by atoms with E-state index in [0.717, 1.165) is 6.07 Å². The van der Waals surface area contributed by atoms with Crippen molar-refractivity contribution in [3.05, 3.63) is 54.1 Å². The number of benzene rings is 1. The summed E-state index contributed by atoms with van der Waals surface area (Å²) in [7, 11) is 1.40. The van der Waals surface area contributed by atoms with Crippen LogP contribution < -0.4 is 10.1 Å². The Hall–Kier alpha value is -4.59. The minimum atomic E-state index is -1.17. The number of nitrogens with one attached hydrogen (secondary N) is 1. The third-order valence-electron chi connectivity index (χ3n) is 6.85. The molecule has 14 heteroatoms. The van der Waals surface area contributed by atoms with Crippen molar-refractivity contribution in [2.24, 2.45) is 0 Å². The fraction of sp³-hybridized carbons (Fsp3) is 0.320. The standard InChI is InChI=1S/C25H23F2N7O5/c1-28-23(35)13-4-17(21(27)20(26)5-13)18-7-30-34-11-19(24(31-22(18)34)39-16-2-3-38-12-16)14-6-29-33(8-14)15-9-32(10-15)25(36)37/h4-8,11,15-16H,2-3,9-10,12H2,1H3,(H,28,35)(H,36,37)/t16-/m0/s1. The maximum atomic E-state index is 14.9. The van der Waals surface area contributed by atoms with Gasteiger partial charge in [0.15, 0.2) is 17.3 Å². The first-order chi connectivity index (χ1) is 18.8. The van der Waals surface area contributed by atoms with Crippen LogP contribution in [0.2, 0.25) is 0 Å². The first kappa shape index (κ1) is 24.7. The third kappa shape index (κ3) is 4.41. The average Bonchev–Trinajstić information content (AvgIpc) is 3.65. The van der Waals surface area contributed by atoms with E-state index in [1.807, 2.05) is 0 Å². The zero-order chi connectivity index (χ0) is 27.3. The topological polar surface area (TPSA) is 136 Å². The van der Waals surface area contributed by atoms with Crippen LogP contribution >= 0.6 is 0 Å². The number of carboxylic acid groups (broad SMARTS) is 1. The van der Waals surface area contributed by atoms with E-state index in [-0.39, 0.29) is 40.4 Å². The number of hydrogen-bond donors (Lipinski definition) is 2. The van der Waals surface area contributed by atoms with Crippen LogP contribution in [0.3, 0.4) is 0 Å². The van der Waals surface area contributed by atoms with Crippen molar-refractivity contribution in [3.8, 4) is 28.1 Å². The van der Waals surface area contributed by atoms with Crippen molar-refractivity contribution in [2.45, 2.75) is 18.6 Å². The van der Waals surface area contributed by atoms with Gasteiger partial charge in [-0.3, -0.25) is 9.48 Å². The van der Waals surface area contributed by atoms with Crippen LogP contribution in [0.5, 0.6) is 5.88 Å². The first-order valence-corrected chi connectivity index (χ1v) is 12.2. The van der Waals surface area contributed by atoms with Crippen LogP contribution in [0.15, 0.2) is 36.9 Å². The van der Waals surface area contributed by atoms with Crippen molar-refractivity contribution in [3.63, 3.8) is 0 Å². The van der Waals surface area contributed by atoms with Crippen LogP contribution in [-0.2, 0) is 4.74 Å². The first-order valence-electron chi connectivity index (χ1n) is 12.2.